The Balaban J connectivity index is 2.40. The van der Waals surface area contributed by atoms with E-state index in [1.807, 2.05) is 0 Å². The SMILES string of the molecule is CC(C)S(=O)(=O)CCC1CCCC1O. The van der Waals surface area contributed by atoms with E-state index < -0.39 is 9.84 Å². The van der Waals surface area contributed by atoms with Gasteiger partial charge in [-0.3, -0.25) is 0 Å². The topological polar surface area (TPSA) is 54.4 Å². The third-order valence-corrected chi connectivity index (χ3v) is 5.35. The fraction of sp³-hybridized carbons (Fsp3) is 1.00. The summed E-state index contributed by atoms with van der Waals surface area (Å²) in [5.41, 5.74) is 0. The van der Waals surface area contributed by atoms with E-state index in [1.165, 1.54) is 0 Å². The molecule has 0 aliphatic heterocycles. The zero-order valence-electron chi connectivity index (χ0n) is 8.94. The van der Waals surface area contributed by atoms with Gasteiger partial charge in [0, 0.05) is 0 Å². The zero-order chi connectivity index (χ0) is 10.8. The second kappa shape index (κ2) is 4.62. The van der Waals surface area contributed by atoms with Crippen LogP contribution in [0.2, 0.25) is 0 Å². The third-order valence-electron chi connectivity index (χ3n) is 3.11. The molecule has 1 fully saturated rings. The van der Waals surface area contributed by atoms with E-state index in [0.717, 1.165) is 19.3 Å². The van der Waals surface area contributed by atoms with Gasteiger partial charge >= 0.3 is 0 Å². The van der Waals surface area contributed by atoms with Gasteiger partial charge in [0.2, 0.25) is 0 Å². The minimum absolute atomic E-state index is 0.212. The Morgan fingerprint density at radius 1 is 1.36 bits per heavy atom. The smallest absolute Gasteiger partial charge is 0.152 e. The van der Waals surface area contributed by atoms with Crippen molar-refractivity contribution in [3.05, 3.63) is 0 Å². The molecule has 3 nitrogen and oxygen atoms in total. The van der Waals surface area contributed by atoms with E-state index in [9.17, 15) is 13.5 Å². The number of aliphatic hydroxyl groups is 1. The van der Waals surface area contributed by atoms with Gasteiger partial charge in [-0.15, -0.1) is 0 Å². The standard InChI is InChI=1S/C10H20O3S/c1-8(2)14(12,13)7-6-9-4-3-5-10(9)11/h8-11H,3-7H2,1-2H3. The van der Waals surface area contributed by atoms with Crippen LogP contribution in [0.25, 0.3) is 0 Å². The van der Waals surface area contributed by atoms with Crippen molar-refractivity contribution in [3.63, 3.8) is 0 Å². The van der Waals surface area contributed by atoms with Gasteiger partial charge < -0.3 is 5.11 Å². The van der Waals surface area contributed by atoms with Crippen molar-refractivity contribution in [2.24, 2.45) is 5.92 Å². The van der Waals surface area contributed by atoms with Crippen molar-refractivity contribution in [1.29, 1.82) is 0 Å². The lowest BCUT2D eigenvalue weighted by atomic mass is 10.0. The summed E-state index contributed by atoms with van der Waals surface area (Å²) in [5, 5.41) is 9.24. The maximum absolute atomic E-state index is 11.5. The Labute approximate surface area is 86.4 Å². The summed E-state index contributed by atoms with van der Waals surface area (Å²) in [4.78, 5) is 0. The summed E-state index contributed by atoms with van der Waals surface area (Å²) in [7, 11) is -2.92. The van der Waals surface area contributed by atoms with Crippen LogP contribution in [0.3, 0.4) is 0 Å². The van der Waals surface area contributed by atoms with Crippen LogP contribution in [0, 0.1) is 5.92 Å². The van der Waals surface area contributed by atoms with Gasteiger partial charge in [-0.1, -0.05) is 6.42 Å². The molecule has 1 saturated carbocycles. The molecular weight excluding hydrogens is 200 g/mol. The molecule has 0 amide bonds. The lowest BCUT2D eigenvalue weighted by Gasteiger charge is -2.15. The van der Waals surface area contributed by atoms with Gasteiger partial charge in [-0.25, -0.2) is 8.42 Å². The van der Waals surface area contributed by atoms with E-state index in [0.29, 0.717) is 6.42 Å². The predicted molar refractivity (Wildman–Crippen MR) is 56.9 cm³/mol. The number of sulfone groups is 1. The molecule has 1 aliphatic rings. The van der Waals surface area contributed by atoms with E-state index in [2.05, 4.69) is 0 Å². The molecule has 0 aromatic carbocycles. The second-order valence-electron chi connectivity index (χ2n) is 4.46. The highest BCUT2D eigenvalue weighted by molar-refractivity contribution is 7.91. The van der Waals surface area contributed by atoms with Crippen LogP contribution in [-0.4, -0.2) is 30.6 Å². The Hall–Kier alpha value is -0.0900. The molecule has 1 rings (SSSR count). The molecule has 1 N–H and O–H groups in total. The van der Waals surface area contributed by atoms with Crippen molar-refractivity contribution in [2.75, 3.05) is 5.75 Å². The van der Waals surface area contributed by atoms with Crippen LogP contribution in [0.15, 0.2) is 0 Å². The van der Waals surface area contributed by atoms with Crippen LogP contribution in [0.1, 0.15) is 39.5 Å². The number of hydrogen-bond donors (Lipinski definition) is 1. The summed E-state index contributed by atoms with van der Waals surface area (Å²) < 4.78 is 23.0. The zero-order valence-corrected chi connectivity index (χ0v) is 9.76. The molecule has 2 unspecified atom stereocenters. The molecule has 0 heterocycles. The highest BCUT2D eigenvalue weighted by Gasteiger charge is 2.27. The first kappa shape index (κ1) is 12.0. The van der Waals surface area contributed by atoms with Gasteiger partial charge in [-0.2, -0.15) is 0 Å². The first-order valence-corrected chi connectivity index (χ1v) is 7.04. The average molecular weight is 220 g/mol. The molecule has 14 heavy (non-hydrogen) atoms. The maximum Gasteiger partial charge on any atom is 0.152 e. The predicted octanol–water partition coefficient (Wildman–Crippen LogP) is 1.36. The Morgan fingerprint density at radius 3 is 2.43 bits per heavy atom. The van der Waals surface area contributed by atoms with Gasteiger partial charge in [0.15, 0.2) is 9.84 Å². The highest BCUT2D eigenvalue weighted by atomic mass is 32.2. The first-order chi connectivity index (χ1) is 6.43. The molecule has 0 saturated heterocycles. The summed E-state index contributed by atoms with van der Waals surface area (Å²) in [6, 6.07) is 0. The molecule has 4 heteroatoms. The van der Waals surface area contributed by atoms with Gasteiger partial charge in [0.1, 0.15) is 0 Å². The van der Waals surface area contributed by atoms with Crippen molar-refractivity contribution in [2.45, 2.75) is 50.9 Å². The molecule has 0 aromatic rings. The van der Waals surface area contributed by atoms with Gasteiger partial charge in [-0.05, 0) is 39.0 Å². The van der Waals surface area contributed by atoms with E-state index >= 15 is 0 Å². The molecule has 1 aliphatic carbocycles. The monoisotopic (exact) mass is 220 g/mol. The van der Waals surface area contributed by atoms with Crippen LogP contribution < -0.4 is 0 Å². The summed E-state index contributed by atoms with van der Waals surface area (Å²) >= 11 is 0. The van der Waals surface area contributed by atoms with Crippen LogP contribution in [0.5, 0.6) is 0 Å². The Kier molecular flexibility index (Phi) is 3.95. The first-order valence-electron chi connectivity index (χ1n) is 5.33. The highest BCUT2D eigenvalue weighted by Crippen LogP contribution is 2.28. The lowest BCUT2D eigenvalue weighted by Crippen LogP contribution is -2.22. The Bertz CT molecular complexity index is 269. The van der Waals surface area contributed by atoms with Crippen molar-refractivity contribution in [3.8, 4) is 0 Å². The van der Waals surface area contributed by atoms with E-state index in [4.69, 9.17) is 0 Å². The molecule has 0 aromatic heterocycles. The summed E-state index contributed by atoms with van der Waals surface area (Å²) in [6.45, 7) is 3.42. The van der Waals surface area contributed by atoms with Crippen LogP contribution in [0.4, 0.5) is 0 Å². The molecule has 0 bridgehead atoms. The summed E-state index contributed by atoms with van der Waals surface area (Å²) in [6.07, 6.45) is 3.22. The number of aliphatic hydroxyl groups excluding tert-OH is 1. The molecule has 0 spiro atoms. The van der Waals surface area contributed by atoms with Crippen molar-refractivity contribution in [1.82, 2.24) is 0 Å². The van der Waals surface area contributed by atoms with Gasteiger partial charge in [0.25, 0.3) is 0 Å². The fourth-order valence-electron chi connectivity index (χ4n) is 1.91. The van der Waals surface area contributed by atoms with E-state index in [-0.39, 0.29) is 23.0 Å². The lowest BCUT2D eigenvalue weighted by molar-refractivity contribution is 0.131. The average Bonchev–Trinajstić information content (AvgIpc) is 2.47. The largest absolute Gasteiger partial charge is 0.393 e. The minimum atomic E-state index is -2.92. The normalized spacial score (nSPS) is 28.6. The van der Waals surface area contributed by atoms with Gasteiger partial charge in [0.05, 0.1) is 17.1 Å². The fourth-order valence-corrected chi connectivity index (χ4v) is 3.01. The van der Waals surface area contributed by atoms with Crippen molar-refractivity contribution < 1.29 is 13.5 Å². The quantitative estimate of drug-likeness (QED) is 0.778. The van der Waals surface area contributed by atoms with Crippen molar-refractivity contribution >= 4 is 9.84 Å². The van der Waals surface area contributed by atoms with Crippen LogP contribution >= 0.6 is 0 Å². The second-order valence-corrected chi connectivity index (χ2v) is 7.14. The number of hydrogen-bond acceptors (Lipinski definition) is 3. The molecule has 84 valence electrons. The molecule has 2 atom stereocenters. The Morgan fingerprint density at radius 2 is 2.00 bits per heavy atom. The maximum atomic E-state index is 11.5. The molecule has 0 radical (unpaired) electrons. The number of rotatable bonds is 4. The molecular formula is C10H20O3S. The third kappa shape index (κ3) is 2.95. The minimum Gasteiger partial charge on any atom is -0.393 e. The van der Waals surface area contributed by atoms with Crippen LogP contribution in [-0.2, 0) is 9.84 Å². The van der Waals surface area contributed by atoms with E-state index in [1.54, 1.807) is 13.8 Å². The summed E-state index contributed by atoms with van der Waals surface area (Å²) in [5.74, 6) is 0.440.